The molecule has 1 saturated heterocycles. The molecule has 1 aliphatic carbocycles. The quantitative estimate of drug-likeness (QED) is 0.628. The zero-order valence-electron chi connectivity index (χ0n) is 8.45. The van der Waals surface area contributed by atoms with Gasteiger partial charge in [0.1, 0.15) is 0 Å². The summed E-state index contributed by atoms with van der Waals surface area (Å²) < 4.78 is 0. The Balaban J connectivity index is 1.86. The van der Waals surface area contributed by atoms with E-state index < -0.39 is 0 Å². The summed E-state index contributed by atoms with van der Waals surface area (Å²) in [7, 11) is 2.17. The van der Waals surface area contributed by atoms with Crippen LogP contribution in [0.5, 0.6) is 0 Å². The molecule has 13 heavy (non-hydrogen) atoms. The lowest BCUT2D eigenvalue weighted by Crippen LogP contribution is -2.51. The molecule has 2 unspecified atom stereocenters. The van der Waals surface area contributed by atoms with Gasteiger partial charge in [-0.1, -0.05) is 0 Å². The molecule has 0 aromatic carbocycles. The summed E-state index contributed by atoms with van der Waals surface area (Å²) in [4.78, 5) is 4.83. The summed E-state index contributed by atoms with van der Waals surface area (Å²) in [5.74, 6) is 0. The highest BCUT2D eigenvalue weighted by molar-refractivity contribution is 4.87. The van der Waals surface area contributed by atoms with Gasteiger partial charge in [-0.05, 0) is 26.3 Å². The van der Waals surface area contributed by atoms with Gasteiger partial charge < -0.3 is 10.0 Å². The minimum Gasteiger partial charge on any atom is -0.391 e. The molecule has 0 amide bonds. The van der Waals surface area contributed by atoms with Gasteiger partial charge in [-0.2, -0.15) is 0 Å². The zero-order valence-corrected chi connectivity index (χ0v) is 8.45. The molecule has 1 aliphatic heterocycles. The Morgan fingerprint density at radius 1 is 1.08 bits per heavy atom. The van der Waals surface area contributed by atoms with Crippen molar-refractivity contribution in [3.8, 4) is 0 Å². The second-order valence-electron chi connectivity index (χ2n) is 4.40. The minimum atomic E-state index is -0.0524. The van der Waals surface area contributed by atoms with Crippen molar-refractivity contribution in [3.63, 3.8) is 0 Å². The molecule has 2 atom stereocenters. The summed E-state index contributed by atoms with van der Waals surface area (Å²) in [5.41, 5.74) is 0. The number of likely N-dealkylation sites (N-methyl/N-ethyl adjacent to an activating group) is 1. The lowest BCUT2D eigenvalue weighted by atomic mass is 10.1. The van der Waals surface area contributed by atoms with Gasteiger partial charge in [-0.15, -0.1) is 0 Å². The number of aliphatic hydroxyl groups excluding tert-OH is 1. The van der Waals surface area contributed by atoms with E-state index in [2.05, 4.69) is 16.8 Å². The van der Waals surface area contributed by atoms with Crippen LogP contribution < -0.4 is 0 Å². The van der Waals surface area contributed by atoms with Crippen molar-refractivity contribution in [3.05, 3.63) is 0 Å². The Kier molecular flexibility index (Phi) is 2.86. The van der Waals surface area contributed by atoms with Gasteiger partial charge in [0.05, 0.1) is 6.10 Å². The Hall–Kier alpha value is -0.120. The van der Waals surface area contributed by atoms with E-state index in [1.54, 1.807) is 0 Å². The van der Waals surface area contributed by atoms with Gasteiger partial charge >= 0.3 is 0 Å². The number of rotatable bonds is 1. The highest BCUT2D eigenvalue weighted by Crippen LogP contribution is 2.24. The summed E-state index contributed by atoms with van der Waals surface area (Å²) in [6, 6.07) is 0.466. The van der Waals surface area contributed by atoms with Crippen LogP contribution in [0.4, 0.5) is 0 Å². The van der Waals surface area contributed by atoms with Crippen molar-refractivity contribution in [2.45, 2.75) is 31.4 Å². The highest BCUT2D eigenvalue weighted by Gasteiger charge is 2.31. The van der Waals surface area contributed by atoms with Crippen molar-refractivity contribution in [1.82, 2.24) is 9.80 Å². The maximum atomic E-state index is 9.75. The second-order valence-corrected chi connectivity index (χ2v) is 4.40. The van der Waals surface area contributed by atoms with E-state index in [4.69, 9.17) is 0 Å². The van der Waals surface area contributed by atoms with E-state index in [0.717, 1.165) is 32.6 Å². The number of hydrogen-bond donors (Lipinski definition) is 1. The molecule has 3 heteroatoms. The van der Waals surface area contributed by atoms with E-state index in [1.807, 2.05) is 0 Å². The Bertz CT molecular complexity index is 166. The molecule has 2 fully saturated rings. The number of aliphatic hydroxyl groups is 1. The third kappa shape index (κ3) is 2.03. The van der Waals surface area contributed by atoms with Crippen molar-refractivity contribution < 1.29 is 5.11 Å². The van der Waals surface area contributed by atoms with Crippen LogP contribution in [0.15, 0.2) is 0 Å². The summed E-state index contributed by atoms with van der Waals surface area (Å²) in [5, 5.41) is 9.75. The van der Waals surface area contributed by atoms with E-state index in [9.17, 15) is 5.11 Å². The summed E-state index contributed by atoms with van der Waals surface area (Å²) in [6.45, 7) is 4.59. The Morgan fingerprint density at radius 2 is 1.77 bits per heavy atom. The SMILES string of the molecule is CN1CCN(C2CCCC2O)CC1. The predicted molar refractivity (Wildman–Crippen MR) is 52.7 cm³/mol. The monoisotopic (exact) mass is 184 g/mol. The standard InChI is InChI=1S/C10H20N2O/c1-11-5-7-12(8-6-11)9-3-2-4-10(9)13/h9-10,13H,2-8H2,1H3. The molecule has 1 heterocycles. The molecule has 0 spiro atoms. The van der Waals surface area contributed by atoms with Crippen LogP contribution in [0.2, 0.25) is 0 Å². The van der Waals surface area contributed by atoms with Crippen LogP contribution in [0.1, 0.15) is 19.3 Å². The maximum Gasteiger partial charge on any atom is 0.0695 e. The second kappa shape index (κ2) is 3.95. The maximum absolute atomic E-state index is 9.75. The molecule has 0 aromatic rings. The topological polar surface area (TPSA) is 26.7 Å². The van der Waals surface area contributed by atoms with Crippen LogP contribution in [-0.4, -0.2) is 60.3 Å². The fourth-order valence-corrected chi connectivity index (χ4v) is 2.50. The van der Waals surface area contributed by atoms with Crippen molar-refractivity contribution in [2.24, 2.45) is 0 Å². The van der Waals surface area contributed by atoms with E-state index >= 15 is 0 Å². The van der Waals surface area contributed by atoms with Crippen molar-refractivity contribution in [2.75, 3.05) is 33.2 Å². The van der Waals surface area contributed by atoms with Crippen LogP contribution >= 0.6 is 0 Å². The Morgan fingerprint density at radius 3 is 2.31 bits per heavy atom. The highest BCUT2D eigenvalue weighted by atomic mass is 16.3. The molecule has 1 saturated carbocycles. The van der Waals surface area contributed by atoms with Gasteiger partial charge in [-0.25, -0.2) is 0 Å². The molecule has 0 bridgehead atoms. The Labute approximate surface area is 80.3 Å². The number of nitrogens with zero attached hydrogens (tertiary/aromatic N) is 2. The van der Waals surface area contributed by atoms with Gasteiger partial charge in [0.15, 0.2) is 0 Å². The molecule has 3 nitrogen and oxygen atoms in total. The van der Waals surface area contributed by atoms with Gasteiger partial charge in [0, 0.05) is 32.2 Å². The van der Waals surface area contributed by atoms with Gasteiger partial charge in [0.2, 0.25) is 0 Å². The zero-order chi connectivity index (χ0) is 9.26. The van der Waals surface area contributed by atoms with Crippen LogP contribution in [0.25, 0.3) is 0 Å². The first kappa shape index (κ1) is 9.44. The number of piperazine rings is 1. The van der Waals surface area contributed by atoms with Crippen LogP contribution in [0, 0.1) is 0 Å². The average Bonchev–Trinajstić information content (AvgIpc) is 2.53. The first-order valence-corrected chi connectivity index (χ1v) is 5.38. The fraction of sp³-hybridized carbons (Fsp3) is 1.00. The fourth-order valence-electron chi connectivity index (χ4n) is 2.50. The molecular weight excluding hydrogens is 164 g/mol. The first-order valence-electron chi connectivity index (χ1n) is 5.38. The van der Waals surface area contributed by atoms with E-state index in [-0.39, 0.29) is 6.10 Å². The predicted octanol–water partition coefficient (Wildman–Crippen LogP) is 0.147. The third-order valence-corrected chi connectivity index (χ3v) is 3.45. The molecular formula is C10H20N2O. The minimum absolute atomic E-state index is 0.0524. The van der Waals surface area contributed by atoms with Crippen LogP contribution in [0.3, 0.4) is 0 Å². The van der Waals surface area contributed by atoms with Crippen molar-refractivity contribution >= 4 is 0 Å². The van der Waals surface area contributed by atoms with E-state index in [1.165, 1.54) is 12.8 Å². The summed E-state index contributed by atoms with van der Waals surface area (Å²) >= 11 is 0. The smallest absolute Gasteiger partial charge is 0.0695 e. The normalized spacial score (nSPS) is 38.3. The average molecular weight is 184 g/mol. The molecule has 2 rings (SSSR count). The molecule has 2 aliphatic rings. The molecule has 0 aromatic heterocycles. The summed E-state index contributed by atoms with van der Waals surface area (Å²) in [6.07, 6.45) is 3.36. The van der Waals surface area contributed by atoms with Crippen LogP contribution in [-0.2, 0) is 0 Å². The van der Waals surface area contributed by atoms with Gasteiger partial charge in [-0.3, -0.25) is 4.90 Å². The van der Waals surface area contributed by atoms with E-state index in [0.29, 0.717) is 6.04 Å². The lowest BCUT2D eigenvalue weighted by Gasteiger charge is -2.37. The van der Waals surface area contributed by atoms with Gasteiger partial charge in [0.25, 0.3) is 0 Å². The lowest BCUT2D eigenvalue weighted by molar-refractivity contribution is 0.0415. The molecule has 76 valence electrons. The third-order valence-electron chi connectivity index (χ3n) is 3.45. The molecule has 1 N–H and O–H groups in total. The largest absolute Gasteiger partial charge is 0.391 e. The molecule has 0 radical (unpaired) electrons. The van der Waals surface area contributed by atoms with Crippen molar-refractivity contribution in [1.29, 1.82) is 0 Å². The number of hydrogen-bond acceptors (Lipinski definition) is 3. The first-order chi connectivity index (χ1) is 6.27.